The molecule has 78 valence electrons. The first-order chi connectivity index (χ1) is 6.76. The van der Waals surface area contributed by atoms with Gasteiger partial charge in [0.25, 0.3) is 0 Å². The van der Waals surface area contributed by atoms with Crippen LogP contribution in [0, 0.1) is 0 Å². The van der Waals surface area contributed by atoms with Gasteiger partial charge in [-0.15, -0.1) is 0 Å². The van der Waals surface area contributed by atoms with Gasteiger partial charge < -0.3 is 0 Å². The van der Waals surface area contributed by atoms with Crippen molar-refractivity contribution in [3.63, 3.8) is 0 Å². The van der Waals surface area contributed by atoms with Crippen LogP contribution < -0.4 is 2.69 Å². The molecule has 0 aromatic heterocycles. The van der Waals surface area contributed by atoms with Crippen LogP contribution in [0.1, 0.15) is 20.8 Å². The third kappa shape index (κ3) is 2.97. The van der Waals surface area contributed by atoms with Crippen LogP contribution in [0.5, 0.6) is 5.75 Å². The van der Waals surface area contributed by atoms with Crippen LogP contribution in [0.3, 0.4) is 0 Å². The summed E-state index contributed by atoms with van der Waals surface area (Å²) in [5, 5.41) is 0. The molecular formula is C12H20OPb. The SMILES string of the molecule is C[CH2][Pb]([CH2]C)([CH2]C)[O]c1ccccc1. The molecule has 0 heterocycles. The molecular weight excluding hydrogens is 367 g/mol. The van der Waals surface area contributed by atoms with E-state index in [1.54, 1.807) is 0 Å². The van der Waals surface area contributed by atoms with Gasteiger partial charge in [0.15, 0.2) is 0 Å². The Balaban J connectivity index is 2.74. The molecule has 0 amide bonds. The van der Waals surface area contributed by atoms with Crippen molar-refractivity contribution < 1.29 is 2.69 Å². The van der Waals surface area contributed by atoms with E-state index in [0.717, 1.165) is 5.75 Å². The first-order valence-electron chi connectivity index (χ1n) is 5.50. The quantitative estimate of drug-likeness (QED) is 0.692. The van der Waals surface area contributed by atoms with Gasteiger partial charge in [0.1, 0.15) is 0 Å². The van der Waals surface area contributed by atoms with Gasteiger partial charge in [-0.1, -0.05) is 0 Å². The minimum atomic E-state index is -2.35. The van der Waals surface area contributed by atoms with E-state index in [0.29, 0.717) is 0 Å². The van der Waals surface area contributed by atoms with Crippen molar-refractivity contribution in [1.29, 1.82) is 0 Å². The van der Waals surface area contributed by atoms with Crippen molar-refractivity contribution in [3.05, 3.63) is 30.3 Å². The predicted molar refractivity (Wildman–Crippen MR) is 64.3 cm³/mol. The summed E-state index contributed by atoms with van der Waals surface area (Å²) in [5.74, 6) is 1.08. The Morgan fingerprint density at radius 1 is 0.929 bits per heavy atom. The third-order valence-electron chi connectivity index (χ3n) is 3.01. The van der Waals surface area contributed by atoms with Crippen molar-refractivity contribution >= 4 is 21.6 Å². The van der Waals surface area contributed by atoms with Crippen LogP contribution in [-0.4, -0.2) is 21.6 Å². The molecule has 0 fully saturated rings. The van der Waals surface area contributed by atoms with Gasteiger partial charge in [0.05, 0.1) is 0 Å². The van der Waals surface area contributed by atoms with Gasteiger partial charge in [0, 0.05) is 0 Å². The second-order valence-electron chi connectivity index (χ2n) is 3.66. The zero-order chi connectivity index (χ0) is 10.4. The molecule has 0 aliphatic heterocycles. The van der Waals surface area contributed by atoms with Crippen LogP contribution >= 0.6 is 0 Å². The van der Waals surface area contributed by atoms with Crippen LogP contribution in [0.15, 0.2) is 30.3 Å². The van der Waals surface area contributed by atoms with E-state index in [9.17, 15) is 0 Å². The van der Waals surface area contributed by atoms with Crippen LogP contribution in [0.4, 0.5) is 0 Å². The number of hydrogen-bond donors (Lipinski definition) is 0. The van der Waals surface area contributed by atoms with E-state index in [1.165, 1.54) is 11.9 Å². The van der Waals surface area contributed by atoms with Crippen molar-refractivity contribution in [2.45, 2.75) is 32.7 Å². The van der Waals surface area contributed by atoms with Gasteiger partial charge in [-0.25, -0.2) is 0 Å². The second kappa shape index (κ2) is 5.73. The Bertz CT molecular complexity index is 246. The standard InChI is InChI=1S/C6H6O.3C2H5.Pb/c7-6-4-2-1-3-5-6;3*1-2;/h1-5,7H;3*1H2,2H3;/q;;;;+1/p-1. The van der Waals surface area contributed by atoms with Gasteiger partial charge in [0.2, 0.25) is 0 Å². The van der Waals surface area contributed by atoms with Crippen molar-refractivity contribution in [1.82, 2.24) is 0 Å². The Hall–Kier alpha value is -0.0579. The van der Waals surface area contributed by atoms with Crippen LogP contribution in [0.2, 0.25) is 11.9 Å². The Morgan fingerprint density at radius 2 is 1.43 bits per heavy atom. The molecule has 0 bridgehead atoms. The molecule has 2 heteroatoms. The summed E-state index contributed by atoms with van der Waals surface area (Å²) in [7, 11) is 0. The molecule has 14 heavy (non-hydrogen) atoms. The summed E-state index contributed by atoms with van der Waals surface area (Å²) < 4.78 is 10.1. The van der Waals surface area contributed by atoms with Gasteiger partial charge >= 0.3 is 93.1 Å². The average molecular weight is 387 g/mol. The number of rotatable bonds is 5. The van der Waals surface area contributed by atoms with Gasteiger partial charge in [-0.2, -0.15) is 0 Å². The van der Waals surface area contributed by atoms with Crippen molar-refractivity contribution in [2.75, 3.05) is 0 Å². The normalized spacial score (nSPS) is 11.4. The van der Waals surface area contributed by atoms with Gasteiger partial charge in [-0.05, 0) is 0 Å². The fourth-order valence-electron chi connectivity index (χ4n) is 1.71. The Kier molecular flexibility index (Phi) is 4.92. The molecule has 0 radical (unpaired) electrons. The molecule has 1 nitrogen and oxygen atoms in total. The number of hydrogen-bond acceptors (Lipinski definition) is 1. The molecule has 1 rings (SSSR count). The molecule has 0 saturated carbocycles. The molecule has 0 aliphatic rings. The van der Waals surface area contributed by atoms with E-state index < -0.39 is 21.6 Å². The summed E-state index contributed by atoms with van der Waals surface area (Å²) in [4.78, 5) is 0. The second-order valence-corrected chi connectivity index (χ2v) is 21.9. The Labute approximate surface area is 92.8 Å². The Morgan fingerprint density at radius 3 is 1.86 bits per heavy atom. The summed E-state index contributed by atoms with van der Waals surface area (Å²) in [6, 6.07) is 10.3. The molecule has 0 unspecified atom stereocenters. The van der Waals surface area contributed by atoms with E-state index in [2.05, 4.69) is 45.0 Å². The molecule has 0 N–H and O–H groups in total. The minimum absolute atomic E-state index is 1.08. The fourth-order valence-corrected chi connectivity index (χ4v) is 11.7. The zero-order valence-electron chi connectivity index (χ0n) is 9.42. The first-order valence-corrected chi connectivity index (χ1v) is 15.3. The van der Waals surface area contributed by atoms with E-state index >= 15 is 0 Å². The van der Waals surface area contributed by atoms with Crippen LogP contribution in [0.25, 0.3) is 0 Å². The maximum atomic E-state index is 6.27. The van der Waals surface area contributed by atoms with E-state index in [4.69, 9.17) is 2.69 Å². The molecule has 0 spiro atoms. The molecule has 1 aromatic carbocycles. The summed E-state index contributed by atoms with van der Waals surface area (Å²) in [6.45, 7) is 6.87. The molecule has 1 aromatic rings. The average Bonchev–Trinajstić information content (AvgIpc) is 2.28. The first kappa shape index (κ1) is 12.0. The summed E-state index contributed by atoms with van der Waals surface area (Å²) in [5.41, 5.74) is 0. The summed E-state index contributed by atoms with van der Waals surface area (Å²) in [6.07, 6.45) is 0. The molecule has 0 saturated heterocycles. The third-order valence-corrected chi connectivity index (χ3v) is 20.6. The maximum absolute atomic E-state index is 6.27. The number of para-hydroxylation sites is 1. The summed E-state index contributed by atoms with van der Waals surface area (Å²) >= 11 is -2.35. The van der Waals surface area contributed by atoms with E-state index in [-0.39, 0.29) is 0 Å². The van der Waals surface area contributed by atoms with E-state index in [1.807, 2.05) is 6.07 Å². The predicted octanol–water partition coefficient (Wildman–Crippen LogP) is 4.07. The van der Waals surface area contributed by atoms with Crippen molar-refractivity contribution in [3.8, 4) is 5.75 Å². The van der Waals surface area contributed by atoms with Crippen molar-refractivity contribution in [2.24, 2.45) is 0 Å². The molecule has 0 atom stereocenters. The zero-order valence-corrected chi connectivity index (χ0v) is 13.3. The molecule has 0 aliphatic carbocycles. The fraction of sp³-hybridized carbons (Fsp3) is 0.500. The monoisotopic (exact) mass is 388 g/mol. The number of benzene rings is 1. The van der Waals surface area contributed by atoms with Crippen LogP contribution in [-0.2, 0) is 0 Å². The topological polar surface area (TPSA) is 9.23 Å². The van der Waals surface area contributed by atoms with Gasteiger partial charge in [-0.3, -0.25) is 0 Å².